The number of amides is 1. The lowest BCUT2D eigenvalue weighted by Gasteiger charge is -2.10. The molecule has 3 aromatic carbocycles. The van der Waals surface area contributed by atoms with E-state index in [9.17, 15) is 9.18 Å². The number of halogens is 1. The first-order valence-electron chi connectivity index (χ1n) is 7.41. The molecule has 0 saturated heterocycles. The van der Waals surface area contributed by atoms with E-state index in [2.05, 4.69) is 5.32 Å². The van der Waals surface area contributed by atoms with Crippen molar-refractivity contribution in [3.63, 3.8) is 0 Å². The molecule has 0 aliphatic heterocycles. The molecule has 3 aromatic rings. The van der Waals surface area contributed by atoms with E-state index < -0.39 is 0 Å². The molecule has 23 heavy (non-hydrogen) atoms. The zero-order valence-electron chi connectivity index (χ0n) is 12.5. The number of benzene rings is 3. The smallest absolute Gasteiger partial charge is 0.252 e. The second-order valence-corrected chi connectivity index (χ2v) is 5.22. The van der Waals surface area contributed by atoms with Crippen LogP contribution in [0.4, 0.5) is 4.39 Å². The maximum Gasteiger partial charge on any atom is 0.252 e. The fourth-order valence-electron chi connectivity index (χ4n) is 2.43. The molecule has 0 fully saturated rings. The van der Waals surface area contributed by atoms with E-state index in [1.54, 1.807) is 12.1 Å². The van der Waals surface area contributed by atoms with Gasteiger partial charge in [0.05, 0.1) is 0 Å². The van der Waals surface area contributed by atoms with Crippen LogP contribution < -0.4 is 5.32 Å². The fraction of sp³-hybridized carbons (Fsp3) is 0.0500. The minimum Gasteiger partial charge on any atom is -0.348 e. The van der Waals surface area contributed by atoms with Crippen molar-refractivity contribution in [1.82, 2.24) is 5.32 Å². The Bertz CT molecular complexity index is 797. The van der Waals surface area contributed by atoms with Crippen molar-refractivity contribution < 1.29 is 9.18 Å². The highest BCUT2D eigenvalue weighted by Gasteiger charge is 2.11. The van der Waals surface area contributed by atoms with E-state index in [1.807, 2.05) is 54.6 Å². The van der Waals surface area contributed by atoms with Crippen LogP contribution in [0.1, 0.15) is 15.9 Å². The summed E-state index contributed by atoms with van der Waals surface area (Å²) in [6, 6.07) is 23.4. The average molecular weight is 305 g/mol. The zero-order valence-corrected chi connectivity index (χ0v) is 12.5. The molecule has 1 amide bonds. The van der Waals surface area contributed by atoms with Gasteiger partial charge in [0.15, 0.2) is 0 Å². The lowest BCUT2D eigenvalue weighted by molar-refractivity contribution is 0.0951. The van der Waals surface area contributed by atoms with Crippen LogP contribution in [0.15, 0.2) is 78.9 Å². The standard InChI is InChI=1S/C20H16FNO/c21-17-12-10-15(11-13-17)14-22-20(23)19-9-5-4-8-18(19)16-6-2-1-3-7-16/h1-13H,14H2,(H,22,23). The van der Waals surface area contributed by atoms with Crippen LogP contribution in [0, 0.1) is 5.82 Å². The van der Waals surface area contributed by atoms with Crippen molar-refractivity contribution in [2.45, 2.75) is 6.54 Å². The SMILES string of the molecule is O=C(NCc1ccc(F)cc1)c1ccccc1-c1ccccc1. The third kappa shape index (κ3) is 3.64. The van der Waals surface area contributed by atoms with Gasteiger partial charge < -0.3 is 5.32 Å². The lowest BCUT2D eigenvalue weighted by atomic mass is 9.99. The molecule has 0 aromatic heterocycles. The van der Waals surface area contributed by atoms with E-state index >= 15 is 0 Å². The zero-order chi connectivity index (χ0) is 16.1. The lowest BCUT2D eigenvalue weighted by Crippen LogP contribution is -2.23. The summed E-state index contributed by atoms with van der Waals surface area (Å²) in [7, 11) is 0. The molecule has 2 nitrogen and oxygen atoms in total. The molecule has 114 valence electrons. The van der Waals surface area contributed by atoms with Gasteiger partial charge in [0.2, 0.25) is 0 Å². The van der Waals surface area contributed by atoms with Crippen molar-refractivity contribution in [3.8, 4) is 11.1 Å². The minimum absolute atomic E-state index is 0.145. The Labute approximate surface area is 134 Å². The van der Waals surface area contributed by atoms with Gasteiger partial charge in [0.25, 0.3) is 5.91 Å². The summed E-state index contributed by atoms with van der Waals surface area (Å²) < 4.78 is 12.9. The quantitative estimate of drug-likeness (QED) is 0.759. The summed E-state index contributed by atoms with van der Waals surface area (Å²) in [5.41, 5.74) is 3.38. The van der Waals surface area contributed by atoms with Gasteiger partial charge in [-0.1, -0.05) is 60.7 Å². The molecule has 0 aliphatic rings. The number of hydrogen-bond donors (Lipinski definition) is 1. The number of carbonyl (C=O) groups is 1. The van der Waals surface area contributed by atoms with Crippen LogP contribution in [-0.4, -0.2) is 5.91 Å². The molecule has 0 spiro atoms. The molecule has 0 heterocycles. The van der Waals surface area contributed by atoms with Gasteiger partial charge in [-0.05, 0) is 34.9 Å². The number of rotatable bonds is 4. The van der Waals surface area contributed by atoms with Crippen LogP contribution in [0.3, 0.4) is 0 Å². The molecule has 3 rings (SSSR count). The molecule has 0 atom stereocenters. The van der Waals surface area contributed by atoms with Crippen LogP contribution in [-0.2, 0) is 6.54 Å². The second-order valence-electron chi connectivity index (χ2n) is 5.22. The Hall–Kier alpha value is -2.94. The van der Waals surface area contributed by atoms with E-state index in [-0.39, 0.29) is 11.7 Å². The predicted molar refractivity (Wildman–Crippen MR) is 89.4 cm³/mol. The summed E-state index contributed by atoms with van der Waals surface area (Å²) >= 11 is 0. The van der Waals surface area contributed by atoms with Crippen LogP contribution >= 0.6 is 0 Å². The summed E-state index contributed by atoms with van der Waals surface area (Å²) in [6.45, 7) is 0.363. The van der Waals surface area contributed by atoms with Crippen LogP contribution in [0.2, 0.25) is 0 Å². The topological polar surface area (TPSA) is 29.1 Å². The number of carbonyl (C=O) groups excluding carboxylic acids is 1. The maximum absolute atomic E-state index is 12.9. The molecule has 0 unspecified atom stereocenters. The molecular formula is C20H16FNO. The third-order valence-corrected chi connectivity index (χ3v) is 3.62. The molecule has 3 heteroatoms. The van der Waals surface area contributed by atoms with Crippen molar-refractivity contribution in [2.24, 2.45) is 0 Å². The summed E-state index contributed by atoms with van der Waals surface area (Å²) in [6.07, 6.45) is 0. The van der Waals surface area contributed by atoms with Crippen molar-refractivity contribution in [3.05, 3.63) is 95.8 Å². The summed E-state index contributed by atoms with van der Waals surface area (Å²) in [4.78, 5) is 12.5. The molecule has 0 aliphatic carbocycles. The van der Waals surface area contributed by atoms with Gasteiger partial charge in [0.1, 0.15) is 5.82 Å². The monoisotopic (exact) mass is 305 g/mol. The highest BCUT2D eigenvalue weighted by molar-refractivity contribution is 6.00. The van der Waals surface area contributed by atoms with Gasteiger partial charge in [0, 0.05) is 12.1 Å². The first-order chi connectivity index (χ1) is 11.2. The largest absolute Gasteiger partial charge is 0.348 e. The Kier molecular flexibility index (Phi) is 4.48. The molecule has 0 saturated carbocycles. The van der Waals surface area contributed by atoms with Gasteiger partial charge in [-0.15, -0.1) is 0 Å². The van der Waals surface area contributed by atoms with Crippen LogP contribution in [0.25, 0.3) is 11.1 Å². The van der Waals surface area contributed by atoms with E-state index in [0.29, 0.717) is 12.1 Å². The Morgan fingerprint density at radius 1 is 0.826 bits per heavy atom. The fourth-order valence-corrected chi connectivity index (χ4v) is 2.43. The number of nitrogens with one attached hydrogen (secondary N) is 1. The van der Waals surface area contributed by atoms with Gasteiger partial charge in [-0.25, -0.2) is 4.39 Å². The molecular weight excluding hydrogens is 289 g/mol. The summed E-state index contributed by atoms with van der Waals surface area (Å²) in [5, 5.41) is 2.88. The van der Waals surface area contributed by atoms with Crippen LogP contribution in [0.5, 0.6) is 0 Å². The predicted octanol–water partition coefficient (Wildman–Crippen LogP) is 4.42. The average Bonchev–Trinajstić information content (AvgIpc) is 2.62. The Morgan fingerprint density at radius 3 is 2.22 bits per heavy atom. The maximum atomic E-state index is 12.9. The van der Waals surface area contributed by atoms with Crippen molar-refractivity contribution in [1.29, 1.82) is 0 Å². The minimum atomic E-state index is -0.283. The number of hydrogen-bond acceptors (Lipinski definition) is 1. The van der Waals surface area contributed by atoms with E-state index in [0.717, 1.165) is 16.7 Å². The molecule has 0 radical (unpaired) electrons. The Balaban J connectivity index is 1.79. The van der Waals surface area contributed by atoms with Crippen molar-refractivity contribution in [2.75, 3.05) is 0 Å². The second kappa shape index (κ2) is 6.88. The first kappa shape index (κ1) is 15.0. The van der Waals surface area contributed by atoms with Gasteiger partial charge in [-0.2, -0.15) is 0 Å². The Morgan fingerprint density at radius 2 is 1.48 bits per heavy atom. The highest BCUT2D eigenvalue weighted by atomic mass is 19.1. The van der Waals surface area contributed by atoms with Crippen molar-refractivity contribution >= 4 is 5.91 Å². The van der Waals surface area contributed by atoms with Gasteiger partial charge >= 0.3 is 0 Å². The summed E-state index contributed by atoms with van der Waals surface area (Å²) in [5.74, 6) is -0.428. The highest BCUT2D eigenvalue weighted by Crippen LogP contribution is 2.23. The first-order valence-corrected chi connectivity index (χ1v) is 7.41. The van der Waals surface area contributed by atoms with Gasteiger partial charge in [-0.3, -0.25) is 4.79 Å². The molecule has 0 bridgehead atoms. The molecule has 1 N–H and O–H groups in total. The normalized spacial score (nSPS) is 10.3. The third-order valence-electron chi connectivity index (χ3n) is 3.62. The van der Waals surface area contributed by atoms with E-state index in [1.165, 1.54) is 12.1 Å². The van der Waals surface area contributed by atoms with E-state index in [4.69, 9.17) is 0 Å².